The van der Waals surface area contributed by atoms with E-state index in [2.05, 4.69) is 15.8 Å². The Kier molecular flexibility index (Phi) is 8.04. The van der Waals surface area contributed by atoms with E-state index in [1.54, 1.807) is 24.4 Å². The maximum Gasteiger partial charge on any atom is 0.255 e. The number of nitrogens with zero attached hydrogens (tertiary/aromatic N) is 1. The smallest absolute Gasteiger partial charge is 0.255 e. The van der Waals surface area contributed by atoms with Crippen LogP contribution >= 0.6 is 12.2 Å². The van der Waals surface area contributed by atoms with Crippen molar-refractivity contribution in [2.75, 3.05) is 25.6 Å². The molecule has 0 bridgehead atoms. The molecule has 0 unspecified atom stereocenters. The number of benzene rings is 2. The number of hydrazone groups is 1. The summed E-state index contributed by atoms with van der Waals surface area (Å²) in [5, 5.41) is 7.45. The Hall–Kier alpha value is -3.33. The van der Waals surface area contributed by atoms with E-state index in [-0.39, 0.29) is 6.61 Å². The van der Waals surface area contributed by atoms with Crippen LogP contribution in [0.3, 0.4) is 0 Å². The van der Waals surface area contributed by atoms with Gasteiger partial charge in [0.05, 0.1) is 19.9 Å². The summed E-state index contributed by atoms with van der Waals surface area (Å²) in [6.07, 6.45) is 1.58. The molecule has 4 N–H and O–H groups in total. The van der Waals surface area contributed by atoms with Crippen molar-refractivity contribution < 1.29 is 19.0 Å². The van der Waals surface area contributed by atoms with Crippen molar-refractivity contribution in [1.29, 1.82) is 0 Å². The number of primary amides is 1. The van der Waals surface area contributed by atoms with Gasteiger partial charge in [0.1, 0.15) is 5.75 Å². The molecule has 0 aliphatic rings. The van der Waals surface area contributed by atoms with E-state index in [0.717, 1.165) is 17.0 Å². The van der Waals surface area contributed by atoms with Gasteiger partial charge in [0.2, 0.25) is 0 Å². The van der Waals surface area contributed by atoms with Gasteiger partial charge in [0, 0.05) is 5.69 Å². The van der Waals surface area contributed by atoms with E-state index in [1.807, 2.05) is 31.2 Å². The molecule has 0 radical (unpaired) electrons. The molecule has 0 saturated carbocycles. The highest BCUT2D eigenvalue weighted by atomic mass is 32.1. The third kappa shape index (κ3) is 6.76. The number of carbonyl (C=O) groups excluding carboxylic acids is 1. The highest BCUT2D eigenvalue weighted by Gasteiger charge is 2.06. The predicted molar refractivity (Wildman–Crippen MR) is 112 cm³/mol. The second kappa shape index (κ2) is 10.7. The first-order chi connectivity index (χ1) is 13.5. The third-order valence-corrected chi connectivity index (χ3v) is 3.55. The Morgan fingerprint density at radius 1 is 1.18 bits per heavy atom. The van der Waals surface area contributed by atoms with Crippen LogP contribution in [0.1, 0.15) is 12.5 Å². The topological polar surface area (TPSA) is 107 Å². The van der Waals surface area contributed by atoms with Crippen molar-refractivity contribution in [3.8, 4) is 17.2 Å². The number of amides is 1. The van der Waals surface area contributed by atoms with Crippen LogP contribution < -0.4 is 30.7 Å². The van der Waals surface area contributed by atoms with Crippen LogP contribution in [-0.2, 0) is 4.79 Å². The fourth-order valence-corrected chi connectivity index (χ4v) is 2.33. The van der Waals surface area contributed by atoms with E-state index in [9.17, 15) is 4.79 Å². The van der Waals surface area contributed by atoms with Crippen LogP contribution in [0, 0.1) is 0 Å². The largest absolute Gasteiger partial charge is 0.494 e. The zero-order valence-corrected chi connectivity index (χ0v) is 16.4. The standard InChI is InChI=1S/C19H22N4O4S/c1-3-26-15-7-5-14(6-8-15)22-19(28)23-21-11-13-4-9-16(17(10-13)25-2)27-12-18(20)24/h4-11H,3,12H2,1-2H3,(H2,20,24)(H2,22,23,28)/b21-11-. The van der Waals surface area contributed by atoms with E-state index in [4.69, 9.17) is 32.2 Å². The van der Waals surface area contributed by atoms with Gasteiger partial charge in [-0.15, -0.1) is 0 Å². The molecule has 8 nitrogen and oxygen atoms in total. The molecule has 28 heavy (non-hydrogen) atoms. The summed E-state index contributed by atoms with van der Waals surface area (Å²) in [5.74, 6) is 1.10. The van der Waals surface area contributed by atoms with E-state index >= 15 is 0 Å². The van der Waals surface area contributed by atoms with Gasteiger partial charge in [0.25, 0.3) is 5.91 Å². The van der Waals surface area contributed by atoms with E-state index < -0.39 is 5.91 Å². The number of hydrogen-bond donors (Lipinski definition) is 3. The summed E-state index contributed by atoms with van der Waals surface area (Å²) < 4.78 is 15.9. The highest BCUT2D eigenvalue weighted by Crippen LogP contribution is 2.27. The summed E-state index contributed by atoms with van der Waals surface area (Å²) in [6.45, 7) is 2.32. The number of methoxy groups -OCH3 is 1. The predicted octanol–water partition coefficient (Wildman–Crippen LogP) is 2.28. The summed E-state index contributed by atoms with van der Waals surface area (Å²) >= 11 is 5.21. The molecule has 148 valence electrons. The Morgan fingerprint density at radius 3 is 2.57 bits per heavy atom. The van der Waals surface area contributed by atoms with Gasteiger partial charge in [-0.25, -0.2) is 0 Å². The van der Waals surface area contributed by atoms with Crippen LogP contribution in [0.5, 0.6) is 17.2 Å². The first-order valence-electron chi connectivity index (χ1n) is 8.44. The maximum absolute atomic E-state index is 10.8. The van der Waals surface area contributed by atoms with Crippen molar-refractivity contribution in [1.82, 2.24) is 5.43 Å². The number of rotatable bonds is 9. The molecule has 0 aliphatic heterocycles. The van der Waals surface area contributed by atoms with Crippen molar-refractivity contribution in [3.63, 3.8) is 0 Å². The zero-order valence-electron chi connectivity index (χ0n) is 15.6. The third-order valence-electron chi connectivity index (χ3n) is 3.36. The maximum atomic E-state index is 10.8. The van der Waals surface area contributed by atoms with Crippen LogP contribution in [0.2, 0.25) is 0 Å². The van der Waals surface area contributed by atoms with Crippen LogP contribution in [0.15, 0.2) is 47.6 Å². The summed E-state index contributed by atoms with van der Waals surface area (Å²) in [7, 11) is 1.50. The van der Waals surface area contributed by atoms with E-state index in [0.29, 0.717) is 23.2 Å². The number of ether oxygens (including phenoxy) is 3. The van der Waals surface area contributed by atoms with Crippen molar-refractivity contribution >= 4 is 35.1 Å². The Bertz CT molecular complexity index is 840. The summed E-state index contributed by atoms with van der Waals surface area (Å²) in [6, 6.07) is 12.6. The molecule has 2 aromatic carbocycles. The van der Waals surface area contributed by atoms with Crippen LogP contribution in [0.25, 0.3) is 0 Å². The molecule has 0 heterocycles. The normalized spacial score (nSPS) is 10.4. The Morgan fingerprint density at radius 2 is 1.93 bits per heavy atom. The van der Waals surface area contributed by atoms with Gasteiger partial charge < -0.3 is 25.3 Å². The average Bonchev–Trinajstić information content (AvgIpc) is 2.68. The monoisotopic (exact) mass is 402 g/mol. The van der Waals surface area contributed by atoms with Gasteiger partial charge in [-0.3, -0.25) is 10.2 Å². The van der Waals surface area contributed by atoms with Crippen LogP contribution in [-0.4, -0.2) is 37.6 Å². The minimum Gasteiger partial charge on any atom is -0.494 e. The van der Waals surface area contributed by atoms with Gasteiger partial charge in [0.15, 0.2) is 23.2 Å². The molecule has 0 aromatic heterocycles. The molecule has 0 spiro atoms. The number of anilines is 1. The fourth-order valence-electron chi connectivity index (χ4n) is 2.16. The lowest BCUT2D eigenvalue weighted by Gasteiger charge is -2.10. The minimum absolute atomic E-state index is 0.225. The molecule has 0 atom stereocenters. The lowest BCUT2D eigenvalue weighted by atomic mass is 10.2. The molecule has 2 rings (SSSR count). The molecule has 0 saturated heterocycles. The SMILES string of the molecule is CCOc1ccc(NC(=S)N/N=C\c2ccc(OCC(N)=O)c(OC)c2)cc1. The fraction of sp³-hybridized carbons (Fsp3) is 0.211. The lowest BCUT2D eigenvalue weighted by molar-refractivity contribution is -0.119. The Labute approximate surface area is 168 Å². The van der Waals surface area contributed by atoms with Crippen molar-refractivity contribution in [2.45, 2.75) is 6.92 Å². The zero-order chi connectivity index (χ0) is 20.4. The molecular weight excluding hydrogens is 380 g/mol. The summed E-state index contributed by atoms with van der Waals surface area (Å²) in [5.41, 5.74) is 9.37. The number of nitrogens with one attached hydrogen (secondary N) is 2. The van der Waals surface area contributed by atoms with Gasteiger partial charge in [-0.2, -0.15) is 5.10 Å². The molecular formula is C19H22N4O4S. The number of thiocarbonyl (C=S) groups is 1. The van der Waals surface area contributed by atoms with Crippen LogP contribution in [0.4, 0.5) is 5.69 Å². The highest BCUT2D eigenvalue weighted by molar-refractivity contribution is 7.80. The summed E-state index contributed by atoms with van der Waals surface area (Å²) in [4.78, 5) is 10.8. The minimum atomic E-state index is -0.564. The van der Waals surface area contributed by atoms with E-state index in [1.165, 1.54) is 7.11 Å². The van der Waals surface area contributed by atoms with Gasteiger partial charge in [-0.05, 0) is 67.2 Å². The molecule has 2 aromatic rings. The first kappa shape index (κ1) is 21.0. The molecule has 9 heteroatoms. The second-order valence-corrected chi connectivity index (χ2v) is 5.86. The van der Waals surface area contributed by atoms with Gasteiger partial charge >= 0.3 is 0 Å². The average molecular weight is 402 g/mol. The molecule has 1 amide bonds. The molecule has 0 fully saturated rings. The number of nitrogens with two attached hydrogens (primary N) is 1. The van der Waals surface area contributed by atoms with Crippen molar-refractivity contribution in [3.05, 3.63) is 48.0 Å². The quantitative estimate of drug-likeness (QED) is 0.335. The van der Waals surface area contributed by atoms with Crippen molar-refractivity contribution in [2.24, 2.45) is 10.8 Å². The first-order valence-corrected chi connectivity index (χ1v) is 8.84. The molecule has 0 aliphatic carbocycles. The lowest BCUT2D eigenvalue weighted by Crippen LogP contribution is -2.23. The number of carbonyl (C=O) groups is 1. The second-order valence-electron chi connectivity index (χ2n) is 5.45. The van der Waals surface area contributed by atoms with Gasteiger partial charge in [-0.1, -0.05) is 0 Å². The Balaban J connectivity index is 1.90. The number of hydrogen-bond acceptors (Lipinski definition) is 6.